The van der Waals surface area contributed by atoms with Crippen molar-refractivity contribution in [2.24, 2.45) is 5.73 Å². The molecule has 1 atom stereocenters. The third-order valence-electron chi connectivity index (χ3n) is 2.78. The molecule has 16 heavy (non-hydrogen) atoms. The number of rotatable bonds is 1. The van der Waals surface area contributed by atoms with Crippen molar-refractivity contribution >= 4 is 5.69 Å². The Morgan fingerprint density at radius 3 is 2.25 bits per heavy atom. The predicted octanol–water partition coefficient (Wildman–Crippen LogP) is 2.24. The van der Waals surface area contributed by atoms with Gasteiger partial charge >= 0.3 is 6.18 Å². The van der Waals surface area contributed by atoms with Gasteiger partial charge in [0.2, 0.25) is 0 Å². The van der Waals surface area contributed by atoms with Gasteiger partial charge in [-0.3, -0.25) is 0 Å². The summed E-state index contributed by atoms with van der Waals surface area (Å²) >= 11 is 0. The molecular weight excluding hydrogens is 217 g/mol. The molecule has 1 aromatic rings. The van der Waals surface area contributed by atoms with Crippen LogP contribution in [0, 0.1) is 0 Å². The van der Waals surface area contributed by atoms with Gasteiger partial charge < -0.3 is 10.6 Å². The summed E-state index contributed by atoms with van der Waals surface area (Å²) in [5, 5.41) is 0. The number of hydrogen-bond donors (Lipinski definition) is 1. The average Bonchev–Trinajstić information content (AvgIpc) is 2.64. The Morgan fingerprint density at radius 2 is 1.81 bits per heavy atom. The number of nitrogens with zero attached hydrogens (tertiary/aromatic N) is 1. The van der Waals surface area contributed by atoms with Gasteiger partial charge in [-0.15, -0.1) is 0 Å². The van der Waals surface area contributed by atoms with Gasteiger partial charge in [-0.25, -0.2) is 0 Å². The summed E-state index contributed by atoms with van der Waals surface area (Å²) in [4.78, 5) is 2.00. The van der Waals surface area contributed by atoms with Crippen molar-refractivity contribution in [1.29, 1.82) is 0 Å². The quantitative estimate of drug-likeness (QED) is 0.801. The monoisotopic (exact) mass is 230 g/mol. The van der Waals surface area contributed by atoms with Crippen molar-refractivity contribution in [3.8, 4) is 0 Å². The van der Waals surface area contributed by atoms with Gasteiger partial charge in [0.25, 0.3) is 0 Å². The fourth-order valence-corrected chi connectivity index (χ4v) is 1.88. The molecule has 2 nitrogen and oxygen atoms in total. The van der Waals surface area contributed by atoms with Crippen LogP contribution in [-0.4, -0.2) is 19.1 Å². The Hall–Kier alpha value is -1.23. The predicted molar refractivity (Wildman–Crippen MR) is 56.2 cm³/mol. The molecule has 0 aromatic heterocycles. The first kappa shape index (κ1) is 11.3. The molecule has 0 aliphatic carbocycles. The molecule has 2 N–H and O–H groups in total. The maximum absolute atomic E-state index is 12.3. The Kier molecular flexibility index (Phi) is 2.80. The van der Waals surface area contributed by atoms with Crippen molar-refractivity contribution in [3.63, 3.8) is 0 Å². The minimum absolute atomic E-state index is 0.127. The molecule has 1 saturated heterocycles. The molecule has 1 fully saturated rings. The number of hydrogen-bond acceptors (Lipinski definition) is 2. The van der Waals surface area contributed by atoms with Crippen LogP contribution in [0.3, 0.4) is 0 Å². The lowest BCUT2D eigenvalue weighted by Gasteiger charge is -2.18. The van der Waals surface area contributed by atoms with E-state index in [0.29, 0.717) is 6.54 Å². The van der Waals surface area contributed by atoms with E-state index in [1.807, 2.05) is 4.90 Å². The number of halogens is 3. The second-order valence-corrected chi connectivity index (χ2v) is 4.04. The minimum Gasteiger partial charge on any atom is -0.370 e. The van der Waals surface area contributed by atoms with Gasteiger partial charge in [0.05, 0.1) is 5.56 Å². The Bertz CT molecular complexity index is 358. The third kappa shape index (κ3) is 2.29. The summed E-state index contributed by atoms with van der Waals surface area (Å²) in [6.07, 6.45) is -3.37. The summed E-state index contributed by atoms with van der Waals surface area (Å²) in [7, 11) is 0. The van der Waals surface area contributed by atoms with Gasteiger partial charge in [-0.2, -0.15) is 13.2 Å². The summed E-state index contributed by atoms with van der Waals surface area (Å²) < 4.78 is 37.0. The maximum Gasteiger partial charge on any atom is 0.416 e. The highest BCUT2D eigenvalue weighted by Crippen LogP contribution is 2.31. The molecular formula is C11H13F3N2. The summed E-state index contributed by atoms with van der Waals surface area (Å²) in [6, 6.07) is 5.35. The second-order valence-electron chi connectivity index (χ2n) is 4.04. The Morgan fingerprint density at radius 1 is 1.19 bits per heavy atom. The lowest BCUT2D eigenvalue weighted by molar-refractivity contribution is -0.137. The van der Waals surface area contributed by atoms with E-state index in [1.54, 1.807) is 0 Å². The average molecular weight is 230 g/mol. The summed E-state index contributed by atoms with van der Waals surface area (Å²) in [5.41, 5.74) is 5.94. The lowest BCUT2D eigenvalue weighted by Crippen LogP contribution is -2.26. The third-order valence-corrected chi connectivity index (χ3v) is 2.78. The normalized spacial score (nSPS) is 21.5. The first-order chi connectivity index (χ1) is 7.47. The van der Waals surface area contributed by atoms with E-state index < -0.39 is 11.7 Å². The molecule has 1 heterocycles. The molecule has 1 aliphatic rings. The first-order valence-electron chi connectivity index (χ1n) is 5.14. The fourth-order valence-electron chi connectivity index (χ4n) is 1.88. The summed E-state index contributed by atoms with van der Waals surface area (Å²) in [6.45, 7) is 1.53. The molecule has 1 aromatic carbocycles. The van der Waals surface area contributed by atoms with E-state index in [4.69, 9.17) is 5.73 Å². The highest BCUT2D eigenvalue weighted by molar-refractivity contribution is 5.49. The smallest absolute Gasteiger partial charge is 0.370 e. The van der Waals surface area contributed by atoms with Crippen LogP contribution in [0.2, 0.25) is 0 Å². The molecule has 0 amide bonds. The Labute approximate surface area is 91.8 Å². The fraction of sp³-hybridized carbons (Fsp3) is 0.455. The molecule has 1 aliphatic heterocycles. The first-order valence-corrected chi connectivity index (χ1v) is 5.14. The van der Waals surface area contributed by atoms with Crippen molar-refractivity contribution in [1.82, 2.24) is 0 Å². The minimum atomic E-state index is -4.26. The van der Waals surface area contributed by atoms with Crippen LogP contribution < -0.4 is 10.6 Å². The lowest BCUT2D eigenvalue weighted by atomic mass is 10.2. The Balaban J connectivity index is 2.14. The highest BCUT2D eigenvalue weighted by Gasteiger charge is 2.30. The molecule has 0 radical (unpaired) electrons. The SMILES string of the molecule is N[C@H]1CCN(c2ccc(C(F)(F)F)cc2)C1. The molecule has 0 spiro atoms. The van der Waals surface area contributed by atoms with Crippen LogP contribution in [0.1, 0.15) is 12.0 Å². The zero-order valence-electron chi connectivity index (χ0n) is 8.67. The van der Waals surface area contributed by atoms with Gasteiger partial charge in [-0.1, -0.05) is 0 Å². The van der Waals surface area contributed by atoms with Crippen LogP contribution in [-0.2, 0) is 6.18 Å². The standard InChI is InChI=1S/C11H13F3N2/c12-11(13,14)8-1-3-10(4-2-8)16-6-5-9(15)7-16/h1-4,9H,5-7,15H2/t9-/m0/s1. The van der Waals surface area contributed by atoms with E-state index in [-0.39, 0.29) is 6.04 Å². The van der Waals surface area contributed by atoms with Gasteiger partial charge in [0.15, 0.2) is 0 Å². The van der Waals surface area contributed by atoms with Gasteiger partial charge in [-0.05, 0) is 30.7 Å². The van der Waals surface area contributed by atoms with Crippen LogP contribution in [0.25, 0.3) is 0 Å². The van der Waals surface area contributed by atoms with Crippen LogP contribution in [0.15, 0.2) is 24.3 Å². The van der Waals surface area contributed by atoms with Crippen LogP contribution in [0.5, 0.6) is 0 Å². The molecule has 0 bridgehead atoms. The van der Waals surface area contributed by atoms with E-state index in [2.05, 4.69) is 0 Å². The zero-order valence-corrected chi connectivity index (χ0v) is 8.67. The molecule has 0 saturated carbocycles. The number of anilines is 1. The second kappa shape index (κ2) is 3.97. The van der Waals surface area contributed by atoms with Crippen molar-refractivity contribution in [2.75, 3.05) is 18.0 Å². The topological polar surface area (TPSA) is 29.3 Å². The molecule has 0 unspecified atom stereocenters. The van der Waals surface area contributed by atoms with E-state index in [9.17, 15) is 13.2 Å². The largest absolute Gasteiger partial charge is 0.416 e. The van der Waals surface area contributed by atoms with Crippen molar-refractivity contribution < 1.29 is 13.2 Å². The van der Waals surface area contributed by atoms with E-state index in [0.717, 1.165) is 30.8 Å². The number of alkyl halides is 3. The van der Waals surface area contributed by atoms with Crippen molar-refractivity contribution in [3.05, 3.63) is 29.8 Å². The number of benzene rings is 1. The van der Waals surface area contributed by atoms with Gasteiger partial charge in [0, 0.05) is 24.8 Å². The van der Waals surface area contributed by atoms with Gasteiger partial charge in [0.1, 0.15) is 0 Å². The van der Waals surface area contributed by atoms with Crippen LogP contribution >= 0.6 is 0 Å². The zero-order chi connectivity index (χ0) is 11.8. The van der Waals surface area contributed by atoms with E-state index in [1.165, 1.54) is 12.1 Å². The summed E-state index contributed by atoms with van der Waals surface area (Å²) in [5.74, 6) is 0. The molecule has 2 rings (SSSR count). The van der Waals surface area contributed by atoms with Crippen molar-refractivity contribution in [2.45, 2.75) is 18.6 Å². The highest BCUT2D eigenvalue weighted by atomic mass is 19.4. The van der Waals surface area contributed by atoms with E-state index >= 15 is 0 Å². The van der Waals surface area contributed by atoms with Crippen LogP contribution in [0.4, 0.5) is 18.9 Å². The maximum atomic E-state index is 12.3. The molecule has 88 valence electrons. The molecule has 5 heteroatoms. The number of nitrogens with two attached hydrogens (primary N) is 1.